The number of amides is 1. The van der Waals surface area contributed by atoms with Crippen molar-refractivity contribution in [1.29, 1.82) is 0 Å². The van der Waals surface area contributed by atoms with E-state index in [0.29, 0.717) is 30.2 Å². The molecular formula is C20H20N4O5S. The predicted octanol–water partition coefficient (Wildman–Crippen LogP) is 2.35. The quantitative estimate of drug-likeness (QED) is 0.614. The van der Waals surface area contributed by atoms with E-state index < -0.39 is 10.0 Å². The summed E-state index contributed by atoms with van der Waals surface area (Å²) in [6, 6.07) is 13.3. The molecule has 2 heterocycles. The van der Waals surface area contributed by atoms with Gasteiger partial charge in [-0.05, 0) is 55.0 Å². The summed E-state index contributed by atoms with van der Waals surface area (Å²) >= 11 is 0. The molecule has 1 fully saturated rings. The zero-order chi connectivity index (χ0) is 21.1. The van der Waals surface area contributed by atoms with Gasteiger partial charge in [0.1, 0.15) is 5.75 Å². The first kappa shape index (κ1) is 20.0. The van der Waals surface area contributed by atoms with Crippen LogP contribution in [0.15, 0.2) is 57.9 Å². The lowest BCUT2D eigenvalue weighted by molar-refractivity contribution is -0.117. The van der Waals surface area contributed by atoms with Crippen LogP contribution in [0, 0.1) is 0 Å². The summed E-state index contributed by atoms with van der Waals surface area (Å²) in [6.07, 6.45) is 1.33. The van der Waals surface area contributed by atoms with Crippen molar-refractivity contribution in [3.63, 3.8) is 0 Å². The molecule has 0 unspecified atom stereocenters. The van der Waals surface area contributed by atoms with Crippen molar-refractivity contribution >= 4 is 21.6 Å². The van der Waals surface area contributed by atoms with Crippen LogP contribution >= 0.6 is 0 Å². The summed E-state index contributed by atoms with van der Waals surface area (Å²) in [5.74, 6) is 1.25. The van der Waals surface area contributed by atoms with Crippen molar-refractivity contribution in [1.82, 2.24) is 14.9 Å². The number of carbonyl (C=O) groups is 1. The molecule has 0 aliphatic carbocycles. The van der Waals surface area contributed by atoms with Crippen LogP contribution in [-0.4, -0.2) is 38.1 Å². The number of benzene rings is 2. The van der Waals surface area contributed by atoms with Crippen LogP contribution in [0.1, 0.15) is 18.7 Å². The highest BCUT2D eigenvalue weighted by molar-refractivity contribution is 7.89. The summed E-state index contributed by atoms with van der Waals surface area (Å²) in [4.78, 5) is 17.8. The monoisotopic (exact) mass is 428 g/mol. The fourth-order valence-corrected chi connectivity index (χ4v) is 4.13. The van der Waals surface area contributed by atoms with Gasteiger partial charge < -0.3 is 14.2 Å². The average molecular weight is 428 g/mol. The van der Waals surface area contributed by atoms with Gasteiger partial charge in [0.25, 0.3) is 0 Å². The Morgan fingerprint density at radius 1 is 1.13 bits per heavy atom. The van der Waals surface area contributed by atoms with Gasteiger partial charge in [-0.15, -0.1) is 0 Å². The SMILES string of the molecule is COc1ccc(-c2noc(CNS(=O)(=O)c3ccc(N4CCCC4=O)cc3)n2)cc1. The summed E-state index contributed by atoms with van der Waals surface area (Å²) in [5.41, 5.74) is 1.41. The van der Waals surface area contributed by atoms with E-state index in [2.05, 4.69) is 14.9 Å². The molecule has 0 saturated carbocycles. The smallest absolute Gasteiger partial charge is 0.242 e. The summed E-state index contributed by atoms with van der Waals surface area (Å²) < 4.78 is 37.8. The van der Waals surface area contributed by atoms with Crippen molar-refractivity contribution in [3.8, 4) is 17.1 Å². The first-order valence-electron chi connectivity index (χ1n) is 9.33. The van der Waals surface area contributed by atoms with Gasteiger partial charge >= 0.3 is 0 Å². The van der Waals surface area contributed by atoms with Gasteiger partial charge in [-0.1, -0.05) is 5.16 Å². The Morgan fingerprint density at radius 3 is 2.50 bits per heavy atom. The Morgan fingerprint density at radius 2 is 1.87 bits per heavy atom. The molecule has 3 aromatic rings. The van der Waals surface area contributed by atoms with Crippen LogP contribution < -0.4 is 14.4 Å². The fraction of sp³-hybridized carbons (Fsp3) is 0.250. The molecule has 156 valence electrons. The Hall–Kier alpha value is -3.24. The standard InChI is InChI=1S/C20H20N4O5S/c1-28-16-8-4-14(5-9-16)20-22-18(29-23-20)13-21-30(26,27)17-10-6-15(7-11-17)24-12-2-3-19(24)25/h4-11,21H,2-3,12-13H2,1H3. The minimum Gasteiger partial charge on any atom is -0.497 e. The molecule has 2 aromatic carbocycles. The predicted molar refractivity (Wildman–Crippen MR) is 108 cm³/mol. The molecule has 10 heteroatoms. The molecule has 1 saturated heterocycles. The van der Waals surface area contributed by atoms with Crippen molar-refractivity contribution in [2.24, 2.45) is 0 Å². The van der Waals surface area contributed by atoms with E-state index in [0.717, 1.165) is 12.0 Å². The van der Waals surface area contributed by atoms with Gasteiger partial charge in [-0.25, -0.2) is 13.1 Å². The van der Waals surface area contributed by atoms with E-state index in [1.54, 1.807) is 48.4 Å². The van der Waals surface area contributed by atoms with E-state index in [-0.39, 0.29) is 23.2 Å². The second-order valence-electron chi connectivity index (χ2n) is 6.71. The van der Waals surface area contributed by atoms with Gasteiger partial charge in [-0.3, -0.25) is 4.79 Å². The molecule has 1 aliphatic rings. The normalized spacial score (nSPS) is 14.3. The van der Waals surface area contributed by atoms with E-state index in [4.69, 9.17) is 9.26 Å². The minimum absolute atomic E-state index is 0.0489. The minimum atomic E-state index is -3.77. The molecule has 0 spiro atoms. The molecule has 1 amide bonds. The maximum Gasteiger partial charge on any atom is 0.242 e. The van der Waals surface area contributed by atoms with Gasteiger partial charge in [0.05, 0.1) is 18.6 Å². The largest absolute Gasteiger partial charge is 0.497 e. The zero-order valence-corrected chi connectivity index (χ0v) is 17.1. The number of nitrogens with one attached hydrogen (secondary N) is 1. The number of methoxy groups -OCH3 is 1. The lowest BCUT2D eigenvalue weighted by Gasteiger charge is -2.15. The molecule has 30 heavy (non-hydrogen) atoms. The Kier molecular flexibility index (Phi) is 5.51. The molecule has 1 aromatic heterocycles. The number of anilines is 1. The number of nitrogens with zero attached hydrogens (tertiary/aromatic N) is 3. The van der Waals surface area contributed by atoms with Crippen molar-refractivity contribution in [2.45, 2.75) is 24.3 Å². The molecular weight excluding hydrogens is 408 g/mol. The first-order chi connectivity index (χ1) is 14.5. The average Bonchev–Trinajstić information content (AvgIpc) is 3.42. The number of hydrogen-bond donors (Lipinski definition) is 1. The van der Waals surface area contributed by atoms with Crippen molar-refractivity contribution in [2.75, 3.05) is 18.6 Å². The highest BCUT2D eigenvalue weighted by atomic mass is 32.2. The van der Waals surface area contributed by atoms with Crippen LogP contribution in [-0.2, 0) is 21.4 Å². The molecule has 1 N–H and O–H groups in total. The fourth-order valence-electron chi connectivity index (χ4n) is 3.15. The maximum atomic E-state index is 12.6. The van der Waals surface area contributed by atoms with E-state index >= 15 is 0 Å². The summed E-state index contributed by atoms with van der Waals surface area (Å²) in [6.45, 7) is 0.509. The number of aromatic nitrogens is 2. The molecule has 0 bridgehead atoms. The van der Waals surface area contributed by atoms with Gasteiger partial charge in [0.2, 0.25) is 27.6 Å². The lowest BCUT2D eigenvalue weighted by Crippen LogP contribution is -2.25. The summed E-state index contributed by atoms with van der Waals surface area (Å²) in [7, 11) is -2.20. The Labute approximate surface area is 173 Å². The number of sulfonamides is 1. The number of carbonyl (C=O) groups excluding carboxylic acids is 1. The Bertz CT molecular complexity index is 1140. The van der Waals surface area contributed by atoms with Gasteiger partial charge in [0.15, 0.2) is 0 Å². The van der Waals surface area contributed by atoms with E-state index in [1.807, 2.05) is 0 Å². The van der Waals surface area contributed by atoms with Crippen LogP contribution in [0.3, 0.4) is 0 Å². The van der Waals surface area contributed by atoms with E-state index in [1.165, 1.54) is 12.1 Å². The van der Waals surface area contributed by atoms with Crippen LogP contribution in [0.2, 0.25) is 0 Å². The summed E-state index contributed by atoms with van der Waals surface area (Å²) in [5, 5.41) is 3.88. The third-order valence-electron chi connectivity index (χ3n) is 4.76. The molecule has 1 aliphatic heterocycles. The number of ether oxygens (including phenoxy) is 1. The van der Waals surface area contributed by atoms with Gasteiger partial charge in [0, 0.05) is 24.2 Å². The number of rotatable bonds is 7. The molecule has 0 atom stereocenters. The second-order valence-corrected chi connectivity index (χ2v) is 8.47. The zero-order valence-electron chi connectivity index (χ0n) is 16.2. The lowest BCUT2D eigenvalue weighted by atomic mass is 10.2. The van der Waals surface area contributed by atoms with Crippen molar-refractivity contribution in [3.05, 3.63) is 54.4 Å². The number of hydrogen-bond acceptors (Lipinski definition) is 7. The van der Waals surface area contributed by atoms with Crippen LogP contribution in [0.25, 0.3) is 11.4 Å². The third-order valence-corrected chi connectivity index (χ3v) is 6.18. The first-order valence-corrected chi connectivity index (χ1v) is 10.8. The molecule has 0 radical (unpaired) electrons. The molecule has 9 nitrogen and oxygen atoms in total. The highest BCUT2D eigenvalue weighted by Crippen LogP contribution is 2.23. The topological polar surface area (TPSA) is 115 Å². The van der Waals surface area contributed by atoms with Crippen molar-refractivity contribution < 1.29 is 22.5 Å². The van der Waals surface area contributed by atoms with Crippen LogP contribution in [0.4, 0.5) is 5.69 Å². The molecule has 4 rings (SSSR count). The maximum absolute atomic E-state index is 12.6. The van der Waals surface area contributed by atoms with Crippen LogP contribution in [0.5, 0.6) is 5.75 Å². The Balaban J connectivity index is 1.41. The highest BCUT2D eigenvalue weighted by Gasteiger charge is 2.22. The second kappa shape index (κ2) is 8.25. The van der Waals surface area contributed by atoms with Gasteiger partial charge in [-0.2, -0.15) is 4.98 Å². The van der Waals surface area contributed by atoms with E-state index in [9.17, 15) is 13.2 Å². The third kappa shape index (κ3) is 4.19.